The van der Waals surface area contributed by atoms with Crippen LogP contribution in [0.3, 0.4) is 0 Å². The van der Waals surface area contributed by atoms with Gasteiger partial charge in [0, 0.05) is 6.16 Å². The molecule has 0 fully saturated rings. The van der Waals surface area contributed by atoms with Gasteiger partial charge in [0.1, 0.15) is 0 Å². The van der Waals surface area contributed by atoms with Gasteiger partial charge in [-0.15, -0.1) is 0 Å². The van der Waals surface area contributed by atoms with Crippen LogP contribution < -0.4 is 0 Å². The van der Waals surface area contributed by atoms with Gasteiger partial charge in [-0.3, -0.25) is 0 Å². The largest absolute Gasteiger partial charge is 0.350 e. The van der Waals surface area contributed by atoms with Gasteiger partial charge in [0.05, 0.1) is 0 Å². The predicted octanol–water partition coefficient (Wildman–Crippen LogP) is 2.31. The summed E-state index contributed by atoms with van der Waals surface area (Å²) in [4.78, 5) is 17.3. The Morgan fingerprint density at radius 1 is 1.00 bits per heavy atom. The van der Waals surface area contributed by atoms with Gasteiger partial charge in [0.25, 0.3) is 0 Å². The van der Waals surface area contributed by atoms with E-state index in [0.717, 1.165) is 19.3 Å². The molecule has 13 heavy (non-hydrogen) atoms. The first-order chi connectivity index (χ1) is 6.29. The molecule has 3 heteroatoms. The highest BCUT2D eigenvalue weighted by atomic mass is 31.2. The van der Waals surface area contributed by atoms with E-state index in [9.17, 15) is 0 Å². The van der Waals surface area contributed by atoms with Crippen molar-refractivity contribution in [3.8, 4) is 0 Å². The first-order valence-electron chi connectivity index (χ1n) is 4.48. The van der Waals surface area contributed by atoms with Crippen molar-refractivity contribution in [2.75, 3.05) is 6.16 Å². The van der Waals surface area contributed by atoms with Gasteiger partial charge in [-0.2, -0.15) is 0 Å². The summed E-state index contributed by atoms with van der Waals surface area (Å²) in [7, 11) is -1.68. The van der Waals surface area contributed by atoms with E-state index < -0.39 is 8.38 Å². The van der Waals surface area contributed by atoms with E-state index in [1.807, 2.05) is 18.2 Å². The molecular formula is C10H15O2P. The van der Waals surface area contributed by atoms with E-state index in [2.05, 4.69) is 12.1 Å². The molecule has 0 atom stereocenters. The van der Waals surface area contributed by atoms with Gasteiger partial charge >= 0.3 is 0 Å². The molecular weight excluding hydrogens is 183 g/mol. The van der Waals surface area contributed by atoms with Crippen molar-refractivity contribution >= 4 is 8.38 Å². The quantitative estimate of drug-likeness (QED) is 0.563. The van der Waals surface area contributed by atoms with Gasteiger partial charge in [-0.25, -0.2) is 0 Å². The van der Waals surface area contributed by atoms with E-state index in [4.69, 9.17) is 9.79 Å². The first kappa shape index (κ1) is 10.6. The summed E-state index contributed by atoms with van der Waals surface area (Å²) >= 11 is 0. The van der Waals surface area contributed by atoms with E-state index in [1.54, 1.807) is 0 Å². The van der Waals surface area contributed by atoms with Crippen LogP contribution in [0, 0.1) is 0 Å². The molecule has 2 N–H and O–H groups in total. The lowest BCUT2D eigenvalue weighted by Gasteiger charge is -2.02. The van der Waals surface area contributed by atoms with Gasteiger partial charge in [0.15, 0.2) is 8.38 Å². The van der Waals surface area contributed by atoms with Gasteiger partial charge in [-0.05, 0) is 24.8 Å². The van der Waals surface area contributed by atoms with Crippen molar-refractivity contribution in [1.29, 1.82) is 0 Å². The van der Waals surface area contributed by atoms with Crippen molar-refractivity contribution in [1.82, 2.24) is 0 Å². The molecule has 0 saturated heterocycles. The fourth-order valence-electron chi connectivity index (χ4n) is 1.23. The van der Waals surface area contributed by atoms with Gasteiger partial charge < -0.3 is 9.79 Å². The van der Waals surface area contributed by atoms with Crippen molar-refractivity contribution in [2.45, 2.75) is 19.3 Å². The van der Waals surface area contributed by atoms with E-state index in [1.165, 1.54) is 5.56 Å². The normalized spacial score (nSPS) is 10.7. The molecule has 1 aromatic carbocycles. The van der Waals surface area contributed by atoms with Crippen molar-refractivity contribution < 1.29 is 9.79 Å². The predicted molar refractivity (Wildman–Crippen MR) is 55.6 cm³/mol. The standard InChI is InChI=1S/C10H15O2P/c11-13(12)9-5-4-8-10-6-2-1-3-7-10/h1-3,6-7,11-12H,4-5,8-9H2. The van der Waals surface area contributed by atoms with Gasteiger partial charge in [0.2, 0.25) is 0 Å². The van der Waals surface area contributed by atoms with Crippen LogP contribution in [-0.4, -0.2) is 15.9 Å². The van der Waals surface area contributed by atoms with E-state index in [0.29, 0.717) is 6.16 Å². The van der Waals surface area contributed by atoms with Crippen molar-refractivity contribution in [2.24, 2.45) is 0 Å². The first-order valence-corrected chi connectivity index (χ1v) is 5.91. The van der Waals surface area contributed by atoms with E-state index >= 15 is 0 Å². The fourth-order valence-corrected chi connectivity index (χ4v) is 1.73. The summed E-state index contributed by atoms with van der Waals surface area (Å²) in [5.41, 5.74) is 1.32. The zero-order chi connectivity index (χ0) is 9.52. The summed E-state index contributed by atoms with van der Waals surface area (Å²) in [6, 6.07) is 10.3. The molecule has 0 spiro atoms. The topological polar surface area (TPSA) is 40.5 Å². The van der Waals surface area contributed by atoms with Crippen LogP contribution in [0.1, 0.15) is 18.4 Å². The monoisotopic (exact) mass is 198 g/mol. The lowest BCUT2D eigenvalue weighted by atomic mass is 10.1. The molecule has 72 valence electrons. The lowest BCUT2D eigenvalue weighted by molar-refractivity contribution is 0.479. The van der Waals surface area contributed by atoms with Crippen LogP contribution in [0.4, 0.5) is 0 Å². The van der Waals surface area contributed by atoms with Crippen molar-refractivity contribution in [3.63, 3.8) is 0 Å². The summed E-state index contributed by atoms with van der Waals surface area (Å²) in [5.74, 6) is 0. The Morgan fingerprint density at radius 3 is 2.31 bits per heavy atom. The summed E-state index contributed by atoms with van der Waals surface area (Å²) in [6.07, 6.45) is 3.50. The molecule has 0 aliphatic rings. The summed E-state index contributed by atoms with van der Waals surface area (Å²) in [6.45, 7) is 0. The Hall–Kier alpha value is -0.430. The molecule has 0 aromatic heterocycles. The maximum absolute atomic E-state index is 8.67. The maximum atomic E-state index is 8.67. The van der Waals surface area contributed by atoms with Crippen LogP contribution in [-0.2, 0) is 6.42 Å². The smallest absolute Gasteiger partial charge is 0.164 e. The van der Waals surface area contributed by atoms with Gasteiger partial charge in [-0.1, -0.05) is 30.3 Å². The molecule has 0 unspecified atom stereocenters. The van der Waals surface area contributed by atoms with Crippen LogP contribution in [0.15, 0.2) is 30.3 Å². The molecule has 1 rings (SSSR count). The number of rotatable bonds is 5. The number of aryl methyl sites for hydroxylation is 1. The van der Waals surface area contributed by atoms with Crippen LogP contribution >= 0.6 is 8.38 Å². The number of hydrogen-bond acceptors (Lipinski definition) is 2. The third-order valence-electron chi connectivity index (χ3n) is 1.92. The third-order valence-corrected chi connectivity index (χ3v) is 2.63. The van der Waals surface area contributed by atoms with Crippen LogP contribution in [0.5, 0.6) is 0 Å². The number of unbranched alkanes of at least 4 members (excludes halogenated alkanes) is 1. The van der Waals surface area contributed by atoms with E-state index in [-0.39, 0.29) is 0 Å². The molecule has 0 saturated carbocycles. The molecule has 2 nitrogen and oxygen atoms in total. The molecule has 0 heterocycles. The molecule has 1 aromatic rings. The zero-order valence-electron chi connectivity index (χ0n) is 7.56. The zero-order valence-corrected chi connectivity index (χ0v) is 8.45. The second-order valence-electron chi connectivity index (χ2n) is 3.04. The molecule has 0 radical (unpaired) electrons. The summed E-state index contributed by atoms with van der Waals surface area (Å²) < 4.78 is 0. The molecule has 0 amide bonds. The SMILES string of the molecule is OP(O)CCCCc1ccccc1. The minimum atomic E-state index is -1.68. The minimum Gasteiger partial charge on any atom is -0.350 e. The van der Waals surface area contributed by atoms with Crippen molar-refractivity contribution in [3.05, 3.63) is 35.9 Å². The third kappa shape index (κ3) is 4.99. The second kappa shape index (κ2) is 6.09. The van der Waals surface area contributed by atoms with Crippen LogP contribution in [0.25, 0.3) is 0 Å². The molecule has 0 aliphatic carbocycles. The highest BCUT2D eigenvalue weighted by molar-refractivity contribution is 7.45. The number of hydrogen-bond donors (Lipinski definition) is 2. The lowest BCUT2D eigenvalue weighted by Crippen LogP contribution is -1.88. The Labute approximate surface area is 80.2 Å². The average Bonchev–Trinajstić information content (AvgIpc) is 2.14. The number of benzene rings is 1. The van der Waals surface area contributed by atoms with Crippen LogP contribution in [0.2, 0.25) is 0 Å². The Morgan fingerprint density at radius 2 is 1.69 bits per heavy atom. The Kier molecular flexibility index (Phi) is 4.99. The highest BCUT2D eigenvalue weighted by Gasteiger charge is 1.97. The minimum absolute atomic E-state index is 0.544. The second-order valence-corrected chi connectivity index (χ2v) is 4.23. The molecule has 0 aliphatic heterocycles. The maximum Gasteiger partial charge on any atom is 0.164 e. The fraction of sp³-hybridized carbons (Fsp3) is 0.400. The highest BCUT2D eigenvalue weighted by Crippen LogP contribution is 2.24. The Bertz CT molecular complexity index is 224. The summed E-state index contributed by atoms with van der Waals surface area (Å²) in [5, 5.41) is 0. The average molecular weight is 198 g/mol. The molecule has 0 bridgehead atoms. The Balaban J connectivity index is 2.13.